The first-order valence-corrected chi connectivity index (χ1v) is 9.39. The summed E-state index contributed by atoms with van der Waals surface area (Å²) < 4.78 is 16.3. The summed E-state index contributed by atoms with van der Waals surface area (Å²) in [5.41, 5.74) is 1.73. The zero-order valence-corrected chi connectivity index (χ0v) is 16.7. The number of carbonyl (C=O) groups is 1. The van der Waals surface area contributed by atoms with Gasteiger partial charge in [-0.3, -0.25) is 9.59 Å². The highest BCUT2D eigenvalue weighted by atomic mass is 16.5. The minimum atomic E-state index is -0.303. The van der Waals surface area contributed by atoms with Crippen molar-refractivity contribution in [2.24, 2.45) is 17.3 Å². The lowest BCUT2D eigenvalue weighted by molar-refractivity contribution is -0.148. The van der Waals surface area contributed by atoms with Gasteiger partial charge in [-0.1, -0.05) is 55.8 Å². The van der Waals surface area contributed by atoms with E-state index in [1.807, 2.05) is 44.2 Å². The van der Waals surface area contributed by atoms with Crippen molar-refractivity contribution in [3.8, 4) is 5.75 Å². The van der Waals surface area contributed by atoms with Gasteiger partial charge in [0, 0.05) is 6.07 Å². The maximum absolute atomic E-state index is 12.4. The van der Waals surface area contributed by atoms with Gasteiger partial charge in [0.05, 0.1) is 5.92 Å². The number of esters is 1. The second-order valence-corrected chi connectivity index (χ2v) is 8.03. The standard InChI is InChI=1S/C23H26O5/c1-15(2)10-18-21(23(18,3)4)22(25)28-13-17-11-19(24)20(14-26-17)27-12-16-8-6-5-7-9-16/h5-11,14,18,21H,12-13H2,1-4H3. The third-order valence-electron chi connectivity index (χ3n) is 5.12. The molecule has 1 fully saturated rings. The zero-order valence-electron chi connectivity index (χ0n) is 16.7. The Morgan fingerprint density at radius 1 is 1.18 bits per heavy atom. The molecule has 1 aromatic heterocycles. The van der Waals surface area contributed by atoms with Gasteiger partial charge in [-0.15, -0.1) is 0 Å². The lowest BCUT2D eigenvalue weighted by Gasteiger charge is -2.07. The highest BCUT2D eigenvalue weighted by Gasteiger charge is 2.61. The summed E-state index contributed by atoms with van der Waals surface area (Å²) in [7, 11) is 0. The lowest BCUT2D eigenvalue weighted by Crippen LogP contribution is -2.12. The number of benzene rings is 1. The largest absolute Gasteiger partial charge is 0.482 e. The third-order valence-corrected chi connectivity index (χ3v) is 5.12. The molecule has 1 aromatic carbocycles. The van der Waals surface area contributed by atoms with Crippen LogP contribution < -0.4 is 10.2 Å². The van der Waals surface area contributed by atoms with Crippen molar-refractivity contribution in [3.63, 3.8) is 0 Å². The number of ether oxygens (including phenoxy) is 2. The number of carbonyl (C=O) groups excluding carboxylic acids is 1. The summed E-state index contributed by atoms with van der Waals surface area (Å²) in [4.78, 5) is 24.6. The van der Waals surface area contributed by atoms with Gasteiger partial charge in [-0.2, -0.15) is 0 Å². The quantitative estimate of drug-likeness (QED) is 0.521. The number of allylic oxidation sites excluding steroid dienone is 2. The van der Waals surface area contributed by atoms with Crippen LogP contribution in [-0.4, -0.2) is 5.97 Å². The topological polar surface area (TPSA) is 65.7 Å². The second kappa shape index (κ2) is 8.05. The molecule has 5 heteroatoms. The predicted molar refractivity (Wildman–Crippen MR) is 106 cm³/mol. The Bertz CT molecular complexity index is 920. The monoisotopic (exact) mass is 382 g/mol. The Morgan fingerprint density at radius 3 is 2.54 bits per heavy atom. The fourth-order valence-corrected chi connectivity index (χ4v) is 3.38. The van der Waals surface area contributed by atoms with Crippen molar-refractivity contribution >= 4 is 5.97 Å². The fourth-order valence-electron chi connectivity index (χ4n) is 3.38. The van der Waals surface area contributed by atoms with E-state index in [2.05, 4.69) is 19.9 Å². The summed E-state index contributed by atoms with van der Waals surface area (Å²) in [6.45, 7) is 8.37. The van der Waals surface area contributed by atoms with Gasteiger partial charge in [0.15, 0.2) is 0 Å². The van der Waals surface area contributed by atoms with Gasteiger partial charge in [-0.25, -0.2) is 0 Å². The summed E-state index contributed by atoms with van der Waals surface area (Å²) in [6, 6.07) is 10.9. The molecule has 0 spiro atoms. The molecule has 2 atom stereocenters. The predicted octanol–water partition coefficient (Wildman–Crippen LogP) is 4.50. The Balaban J connectivity index is 1.56. The minimum absolute atomic E-state index is 0.0683. The average Bonchev–Trinajstić information content (AvgIpc) is 3.19. The van der Waals surface area contributed by atoms with Crippen LogP contribution in [0.2, 0.25) is 0 Å². The highest BCUT2D eigenvalue weighted by Crippen LogP contribution is 2.59. The van der Waals surface area contributed by atoms with E-state index in [-0.39, 0.29) is 47.6 Å². The van der Waals surface area contributed by atoms with Gasteiger partial charge >= 0.3 is 5.97 Å². The molecule has 0 saturated heterocycles. The SMILES string of the molecule is CC(C)=CC1C(C(=O)OCc2cc(=O)c(OCc3ccccc3)co2)C1(C)C. The molecule has 1 aliphatic carbocycles. The fraction of sp³-hybridized carbons (Fsp3) is 0.391. The van der Waals surface area contributed by atoms with Crippen molar-refractivity contribution < 1.29 is 18.7 Å². The van der Waals surface area contributed by atoms with E-state index in [1.165, 1.54) is 17.9 Å². The van der Waals surface area contributed by atoms with Crippen molar-refractivity contribution in [2.45, 2.75) is 40.9 Å². The molecule has 0 aliphatic heterocycles. The molecule has 148 valence electrons. The summed E-state index contributed by atoms with van der Waals surface area (Å²) >= 11 is 0. The molecule has 28 heavy (non-hydrogen) atoms. The van der Waals surface area contributed by atoms with Crippen LogP contribution in [0.25, 0.3) is 0 Å². The van der Waals surface area contributed by atoms with Crippen LogP contribution >= 0.6 is 0 Å². The maximum Gasteiger partial charge on any atom is 0.310 e. The molecular formula is C23H26O5. The van der Waals surface area contributed by atoms with E-state index in [4.69, 9.17) is 13.9 Å². The van der Waals surface area contributed by atoms with Crippen molar-refractivity contribution in [2.75, 3.05) is 0 Å². The number of hydrogen-bond donors (Lipinski definition) is 0. The van der Waals surface area contributed by atoms with Crippen molar-refractivity contribution in [1.29, 1.82) is 0 Å². The van der Waals surface area contributed by atoms with Gasteiger partial charge < -0.3 is 13.9 Å². The molecule has 3 rings (SSSR count). The molecule has 5 nitrogen and oxygen atoms in total. The molecule has 0 N–H and O–H groups in total. The van der Waals surface area contributed by atoms with E-state index in [0.29, 0.717) is 5.76 Å². The lowest BCUT2D eigenvalue weighted by atomic mass is 10.1. The first kappa shape index (κ1) is 19.9. The van der Waals surface area contributed by atoms with Crippen LogP contribution in [0.15, 0.2) is 63.5 Å². The van der Waals surface area contributed by atoms with Gasteiger partial charge in [0.2, 0.25) is 11.2 Å². The van der Waals surface area contributed by atoms with Crippen LogP contribution in [0.3, 0.4) is 0 Å². The summed E-state index contributed by atoms with van der Waals surface area (Å²) in [5.74, 6) is 0.182. The molecule has 0 amide bonds. The summed E-state index contributed by atoms with van der Waals surface area (Å²) in [5, 5.41) is 0. The maximum atomic E-state index is 12.4. The van der Waals surface area contributed by atoms with Gasteiger partial charge in [0.25, 0.3) is 0 Å². The van der Waals surface area contributed by atoms with Crippen molar-refractivity contribution in [1.82, 2.24) is 0 Å². The Hall–Kier alpha value is -2.82. The second-order valence-electron chi connectivity index (χ2n) is 8.03. The third kappa shape index (κ3) is 4.53. The molecule has 0 bridgehead atoms. The van der Waals surface area contributed by atoms with E-state index >= 15 is 0 Å². The van der Waals surface area contributed by atoms with Crippen LogP contribution in [-0.2, 0) is 22.7 Å². The average molecular weight is 382 g/mol. The van der Waals surface area contributed by atoms with Crippen LogP contribution in [0.1, 0.15) is 39.0 Å². The first-order valence-electron chi connectivity index (χ1n) is 9.39. The normalized spacial score (nSPS) is 19.6. The van der Waals surface area contributed by atoms with Gasteiger partial charge in [-0.05, 0) is 30.7 Å². The number of rotatable bonds is 7. The molecular weight excluding hydrogens is 356 g/mol. The Labute approximate surface area is 165 Å². The minimum Gasteiger partial charge on any atom is -0.482 e. The summed E-state index contributed by atoms with van der Waals surface area (Å²) in [6.07, 6.45) is 3.38. The van der Waals surface area contributed by atoms with Crippen molar-refractivity contribution in [3.05, 3.63) is 75.9 Å². The highest BCUT2D eigenvalue weighted by molar-refractivity contribution is 5.78. The molecule has 1 aliphatic rings. The zero-order chi connectivity index (χ0) is 20.3. The molecule has 1 heterocycles. The Morgan fingerprint density at radius 2 is 1.89 bits per heavy atom. The van der Waals surface area contributed by atoms with Gasteiger partial charge in [0.1, 0.15) is 25.2 Å². The van der Waals surface area contributed by atoms with Crippen LogP contribution in [0, 0.1) is 17.3 Å². The van der Waals surface area contributed by atoms with Crippen LogP contribution in [0.4, 0.5) is 0 Å². The van der Waals surface area contributed by atoms with E-state index < -0.39 is 0 Å². The molecule has 1 saturated carbocycles. The molecule has 0 radical (unpaired) electrons. The first-order chi connectivity index (χ1) is 13.3. The molecule has 2 unspecified atom stereocenters. The smallest absolute Gasteiger partial charge is 0.310 e. The van der Waals surface area contributed by atoms with E-state index in [0.717, 1.165) is 5.56 Å². The van der Waals surface area contributed by atoms with E-state index in [1.54, 1.807) is 0 Å². The van der Waals surface area contributed by atoms with Crippen LogP contribution in [0.5, 0.6) is 5.75 Å². The van der Waals surface area contributed by atoms with E-state index in [9.17, 15) is 9.59 Å². The number of hydrogen-bond acceptors (Lipinski definition) is 5. The molecule has 2 aromatic rings. The Kier molecular flexibility index (Phi) is 5.73.